The minimum atomic E-state index is -0.250. The first kappa shape index (κ1) is 13.7. The van der Waals surface area contributed by atoms with Crippen molar-refractivity contribution in [2.75, 3.05) is 12.9 Å². The Morgan fingerprint density at radius 1 is 1.32 bits per heavy atom. The van der Waals surface area contributed by atoms with Crippen molar-refractivity contribution in [3.05, 3.63) is 41.7 Å². The molecule has 0 unspecified atom stereocenters. The van der Waals surface area contributed by atoms with Crippen LogP contribution >= 0.6 is 11.8 Å². The highest BCUT2D eigenvalue weighted by Crippen LogP contribution is 2.22. The Labute approximate surface area is 116 Å². The maximum absolute atomic E-state index is 11.2. The van der Waals surface area contributed by atoms with E-state index in [2.05, 4.69) is 41.8 Å². The SMILES string of the molecule is COC(=O)CSc1nccn1-c1cc(C)cc(C)c1. The molecule has 100 valence electrons. The Hall–Kier alpha value is -1.75. The summed E-state index contributed by atoms with van der Waals surface area (Å²) in [5.41, 5.74) is 3.46. The van der Waals surface area contributed by atoms with Crippen molar-refractivity contribution in [2.24, 2.45) is 0 Å². The van der Waals surface area contributed by atoms with Gasteiger partial charge in [0.15, 0.2) is 5.16 Å². The van der Waals surface area contributed by atoms with Gasteiger partial charge in [-0.1, -0.05) is 17.8 Å². The Morgan fingerprint density at radius 2 is 2.00 bits per heavy atom. The molecule has 2 aromatic rings. The molecule has 0 aliphatic carbocycles. The van der Waals surface area contributed by atoms with Crippen LogP contribution in [0.3, 0.4) is 0 Å². The highest BCUT2D eigenvalue weighted by molar-refractivity contribution is 7.99. The molecule has 0 N–H and O–H groups in total. The van der Waals surface area contributed by atoms with Crippen molar-refractivity contribution in [3.63, 3.8) is 0 Å². The minimum Gasteiger partial charge on any atom is -0.468 e. The maximum atomic E-state index is 11.2. The van der Waals surface area contributed by atoms with E-state index in [0.717, 1.165) is 10.8 Å². The number of rotatable bonds is 4. The van der Waals surface area contributed by atoms with Gasteiger partial charge < -0.3 is 4.74 Å². The number of hydrogen-bond acceptors (Lipinski definition) is 4. The topological polar surface area (TPSA) is 44.1 Å². The summed E-state index contributed by atoms with van der Waals surface area (Å²) in [6.45, 7) is 4.13. The molecule has 5 heteroatoms. The fourth-order valence-corrected chi connectivity index (χ4v) is 2.67. The van der Waals surface area contributed by atoms with Crippen molar-refractivity contribution < 1.29 is 9.53 Å². The molecule has 0 aliphatic rings. The van der Waals surface area contributed by atoms with Gasteiger partial charge in [-0.15, -0.1) is 0 Å². The molecule has 1 aromatic carbocycles. The number of hydrogen-bond donors (Lipinski definition) is 0. The van der Waals surface area contributed by atoms with Crippen molar-refractivity contribution in [1.29, 1.82) is 0 Å². The molecular weight excluding hydrogens is 260 g/mol. The third-order valence-electron chi connectivity index (χ3n) is 2.64. The number of aromatic nitrogens is 2. The molecule has 0 saturated carbocycles. The first-order chi connectivity index (χ1) is 9.10. The van der Waals surface area contributed by atoms with Gasteiger partial charge in [-0.2, -0.15) is 0 Å². The third-order valence-corrected chi connectivity index (χ3v) is 3.58. The number of aryl methyl sites for hydroxylation is 2. The molecule has 0 saturated heterocycles. The normalized spacial score (nSPS) is 10.5. The molecule has 0 bridgehead atoms. The van der Waals surface area contributed by atoms with Crippen LogP contribution in [0.25, 0.3) is 5.69 Å². The molecule has 1 heterocycles. The lowest BCUT2D eigenvalue weighted by Crippen LogP contribution is -2.05. The molecule has 0 amide bonds. The second-order valence-corrected chi connectivity index (χ2v) is 5.23. The van der Waals surface area contributed by atoms with Gasteiger partial charge in [0.1, 0.15) is 0 Å². The largest absolute Gasteiger partial charge is 0.468 e. The zero-order chi connectivity index (χ0) is 13.8. The lowest BCUT2D eigenvalue weighted by Gasteiger charge is -2.09. The van der Waals surface area contributed by atoms with E-state index in [9.17, 15) is 4.79 Å². The number of esters is 1. The van der Waals surface area contributed by atoms with E-state index in [-0.39, 0.29) is 11.7 Å². The second-order valence-electron chi connectivity index (χ2n) is 4.29. The summed E-state index contributed by atoms with van der Waals surface area (Å²) in [6.07, 6.45) is 3.63. The first-order valence-electron chi connectivity index (χ1n) is 5.92. The van der Waals surface area contributed by atoms with Crippen LogP contribution in [0, 0.1) is 13.8 Å². The number of imidazole rings is 1. The lowest BCUT2D eigenvalue weighted by molar-refractivity contribution is -0.137. The average Bonchev–Trinajstić information content (AvgIpc) is 2.83. The number of methoxy groups -OCH3 is 1. The standard InChI is InChI=1S/C14H16N2O2S/c1-10-6-11(2)8-12(7-10)16-5-4-15-14(16)19-9-13(17)18-3/h4-8H,9H2,1-3H3. The minimum absolute atomic E-state index is 0.250. The molecular formula is C14H16N2O2S. The summed E-state index contributed by atoms with van der Waals surface area (Å²) in [5.74, 6) is 0.0122. The smallest absolute Gasteiger partial charge is 0.316 e. The maximum Gasteiger partial charge on any atom is 0.316 e. The monoisotopic (exact) mass is 276 g/mol. The molecule has 2 rings (SSSR count). The summed E-state index contributed by atoms with van der Waals surface area (Å²) in [7, 11) is 1.39. The average molecular weight is 276 g/mol. The molecule has 19 heavy (non-hydrogen) atoms. The predicted molar refractivity (Wildman–Crippen MR) is 75.8 cm³/mol. The number of carbonyl (C=O) groups is 1. The number of ether oxygens (including phenoxy) is 1. The van der Waals surface area contributed by atoms with Crippen LogP contribution in [-0.2, 0) is 9.53 Å². The quantitative estimate of drug-likeness (QED) is 0.636. The fraction of sp³-hybridized carbons (Fsp3) is 0.286. The van der Waals surface area contributed by atoms with Gasteiger partial charge in [0.25, 0.3) is 0 Å². The van der Waals surface area contributed by atoms with Crippen LogP contribution in [-0.4, -0.2) is 28.4 Å². The van der Waals surface area contributed by atoms with Crippen LogP contribution in [0.2, 0.25) is 0 Å². The molecule has 0 fully saturated rings. The zero-order valence-electron chi connectivity index (χ0n) is 11.2. The Kier molecular flexibility index (Phi) is 4.27. The van der Waals surface area contributed by atoms with E-state index in [1.54, 1.807) is 6.20 Å². The fourth-order valence-electron chi connectivity index (χ4n) is 1.87. The first-order valence-corrected chi connectivity index (χ1v) is 6.90. The van der Waals surface area contributed by atoms with Gasteiger partial charge in [-0.05, 0) is 37.1 Å². The van der Waals surface area contributed by atoms with Gasteiger partial charge in [-0.25, -0.2) is 4.98 Å². The van der Waals surface area contributed by atoms with E-state index in [0.29, 0.717) is 0 Å². The summed E-state index contributed by atoms with van der Waals surface area (Å²) < 4.78 is 6.62. The van der Waals surface area contributed by atoms with E-state index >= 15 is 0 Å². The van der Waals surface area contributed by atoms with Crippen molar-refractivity contribution in [1.82, 2.24) is 9.55 Å². The van der Waals surface area contributed by atoms with Gasteiger partial charge in [-0.3, -0.25) is 9.36 Å². The number of benzene rings is 1. The second kappa shape index (κ2) is 5.93. The van der Waals surface area contributed by atoms with Gasteiger partial charge in [0, 0.05) is 18.1 Å². The van der Waals surface area contributed by atoms with Crippen LogP contribution < -0.4 is 0 Å². The van der Waals surface area contributed by atoms with Crippen LogP contribution in [0.4, 0.5) is 0 Å². The summed E-state index contributed by atoms with van der Waals surface area (Å²) in [6, 6.07) is 6.31. The van der Waals surface area contributed by atoms with E-state index in [1.165, 1.54) is 30.0 Å². The van der Waals surface area contributed by atoms with E-state index < -0.39 is 0 Å². The highest BCUT2D eigenvalue weighted by atomic mass is 32.2. The molecule has 0 atom stereocenters. The summed E-state index contributed by atoms with van der Waals surface area (Å²) in [4.78, 5) is 15.5. The Balaban J connectivity index is 2.25. The third kappa shape index (κ3) is 3.38. The van der Waals surface area contributed by atoms with Crippen molar-refractivity contribution in [2.45, 2.75) is 19.0 Å². The zero-order valence-corrected chi connectivity index (χ0v) is 12.0. The van der Waals surface area contributed by atoms with Crippen molar-refractivity contribution >= 4 is 17.7 Å². The van der Waals surface area contributed by atoms with Gasteiger partial charge in [0.05, 0.1) is 12.9 Å². The van der Waals surface area contributed by atoms with E-state index in [4.69, 9.17) is 0 Å². The molecule has 1 aromatic heterocycles. The summed E-state index contributed by atoms with van der Waals surface area (Å²) in [5, 5.41) is 0.787. The Morgan fingerprint density at radius 3 is 2.63 bits per heavy atom. The van der Waals surface area contributed by atoms with Crippen LogP contribution in [0.1, 0.15) is 11.1 Å². The van der Waals surface area contributed by atoms with Gasteiger partial charge >= 0.3 is 5.97 Å². The molecule has 0 radical (unpaired) electrons. The molecule has 4 nitrogen and oxygen atoms in total. The van der Waals surface area contributed by atoms with Crippen LogP contribution in [0.5, 0.6) is 0 Å². The van der Waals surface area contributed by atoms with Crippen molar-refractivity contribution in [3.8, 4) is 5.69 Å². The van der Waals surface area contributed by atoms with Crippen LogP contribution in [0.15, 0.2) is 35.7 Å². The summed E-state index contributed by atoms with van der Waals surface area (Å²) >= 11 is 1.37. The molecule has 0 spiro atoms. The highest BCUT2D eigenvalue weighted by Gasteiger charge is 2.09. The number of thioether (sulfide) groups is 1. The van der Waals surface area contributed by atoms with E-state index in [1.807, 2.05) is 10.8 Å². The number of carbonyl (C=O) groups excluding carboxylic acids is 1. The predicted octanol–water partition coefficient (Wildman–Crippen LogP) is 2.75. The number of nitrogens with zero attached hydrogens (tertiary/aromatic N) is 2. The Bertz CT molecular complexity index is 573. The lowest BCUT2D eigenvalue weighted by atomic mass is 10.1. The molecule has 0 aliphatic heterocycles. The van der Waals surface area contributed by atoms with Gasteiger partial charge in [0.2, 0.25) is 0 Å².